The van der Waals surface area contributed by atoms with Gasteiger partial charge in [-0.05, 0) is 25.7 Å². The fourth-order valence-electron chi connectivity index (χ4n) is 4.22. The van der Waals surface area contributed by atoms with E-state index in [1.54, 1.807) is 0 Å². The van der Waals surface area contributed by atoms with Crippen molar-refractivity contribution >= 4 is 5.91 Å². The second kappa shape index (κ2) is 8.05. The summed E-state index contributed by atoms with van der Waals surface area (Å²) < 4.78 is 12.1. The summed E-state index contributed by atoms with van der Waals surface area (Å²) in [7, 11) is 0. The molecule has 3 heterocycles. The van der Waals surface area contributed by atoms with Crippen molar-refractivity contribution in [1.82, 2.24) is 9.88 Å². The van der Waals surface area contributed by atoms with Crippen molar-refractivity contribution in [3.8, 4) is 11.3 Å². The van der Waals surface area contributed by atoms with Gasteiger partial charge in [0.15, 0.2) is 0 Å². The summed E-state index contributed by atoms with van der Waals surface area (Å²) >= 11 is 0. The lowest BCUT2D eigenvalue weighted by molar-refractivity contribution is -0.144. The van der Waals surface area contributed by atoms with Crippen LogP contribution in [0.5, 0.6) is 0 Å². The molecular weight excluding hydrogens is 354 g/mol. The summed E-state index contributed by atoms with van der Waals surface area (Å²) in [6, 6.07) is 9.97. The molecule has 6 nitrogen and oxygen atoms in total. The van der Waals surface area contributed by atoms with Crippen molar-refractivity contribution in [1.29, 1.82) is 0 Å². The molecule has 1 aromatic carbocycles. The summed E-state index contributed by atoms with van der Waals surface area (Å²) in [5.74, 6) is 1.78. The van der Waals surface area contributed by atoms with Crippen LogP contribution in [0.3, 0.4) is 0 Å². The number of hydrogen-bond acceptors (Lipinski definition) is 5. The van der Waals surface area contributed by atoms with Gasteiger partial charge in [-0.2, -0.15) is 0 Å². The highest BCUT2D eigenvalue weighted by Gasteiger charge is 2.40. The first kappa shape index (κ1) is 19.2. The second-order valence-electron chi connectivity index (χ2n) is 8.04. The maximum Gasteiger partial charge on any atom is 0.252 e. The topological polar surface area (TPSA) is 81.6 Å². The molecule has 1 aromatic heterocycles. The monoisotopic (exact) mass is 383 g/mol. The lowest BCUT2D eigenvalue weighted by atomic mass is 10.0. The molecule has 2 aromatic rings. The van der Waals surface area contributed by atoms with Crippen molar-refractivity contribution in [2.45, 2.75) is 63.7 Å². The maximum absolute atomic E-state index is 13.1. The minimum atomic E-state index is -0.387. The predicted octanol–water partition coefficient (Wildman–Crippen LogP) is 3.63. The van der Waals surface area contributed by atoms with Crippen LogP contribution < -0.4 is 5.73 Å². The molecular formula is C22H29N3O3. The number of hydrogen-bond donors (Lipinski definition) is 1. The van der Waals surface area contributed by atoms with Gasteiger partial charge in [0.25, 0.3) is 5.91 Å². The van der Waals surface area contributed by atoms with Crippen molar-refractivity contribution in [2.24, 2.45) is 5.73 Å². The van der Waals surface area contributed by atoms with E-state index < -0.39 is 0 Å². The van der Waals surface area contributed by atoms with Crippen LogP contribution in [0.4, 0.5) is 0 Å². The van der Waals surface area contributed by atoms with Crippen LogP contribution in [0.25, 0.3) is 11.3 Å². The predicted molar refractivity (Wildman–Crippen MR) is 107 cm³/mol. The van der Waals surface area contributed by atoms with Gasteiger partial charge in [-0.3, -0.25) is 4.79 Å². The van der Waals surface area contributed by atoms with Crippen LogP contribution in [-0.4, -0.2) is 41.1 Å². The zero-order chi connectivity index (χ0) is 19.7. The normalized spacial score (nSPS) is 25.0. The highest BCUT2D eigenvalue weighted by Crippen LogP contribution is 2.38. The first-order valence-corrected chi connectivity index (χ1v) is 10.3. The molecule has 4 rings (SSSR count). The van der Waals surface area contributed by atoms with Gasteiger partial charge < -0.3 is 19.8 Å². The van der Waals surface area contributed by atoms with Gasteiger partial charge in [-0.15, -0.1) is 0 Å². The number of carbonyl (C=O) groups excluding carboxylic acids is 1. The largest absolute Gasteiger partial charge is 0.442 e. The molecule has 0 spiro atoms. The number of aromatic nitrogens is 1. The number of nitrogens with zero attached hydrogens (tertiary/aromatic N) is 2. The van der Waals surface area contributed by atoms with Crippen LogP contribution in [0, 0.1) is 0 Å². The molecule has 2 fully saturated rings. The maximum atomic E-state index is 13.1. The Hall–Kier alpha value is -2.18. The Kier molecular flexibility index (Phi) is 5.51. The van der Waals surface area contributed by atoms with Gasteiger partial charge in [0.1, 0.15) is 23.6 Å². The average Bonchev–Trinajstić information content (AvgIpc) is 3.46. The number of carbonyl (C=O) groups is 1. The van der Waals surface area contributed by atoms with Crippen LogP contribution in [0.15, 0.2) is 34.7 Å². The van der Waals surface area contributed by atoms with Crippen LogP contribution in [0.1, 0.15) is 63.1 Å². The molecule has 6 heteroatoms. The van der Waals surface area contributed by atoms with E-state index >= 15 is 0 Å². The van der Waals surface area contributed by atoms with Gasteiger partial charge in [-0.1, -0.05) is 44.2 Å². The number of amides is 1. The van der Waals surface area contributed by atoms with E-state index in [2.05, 4.69) is 13.8 Å². The Morgan fingerprint density at radius 1 is 1.25 bits per heavy atom. The summed E-state index contributed by atoms with van der Waals surface area (Å²) in [6.45, 7) is 5.39. The fourth-order valence-corrected chi connectivity index (χ4v) is 4.22. The lowest BCUT2D eigenvalue weighted by Gasteiger charge is -2.25. The third-order valence-corrected chi connectivity index (χ3v) is 5.71. The summed E-state index contributed by atoms with van der Waals surface area (Å²) in [5, 5.41) is 0. The van der Waals surface area contributed by atoms with Crippen LogP contribution in [-0.2, 0) is 9.53 Å². The molecule has 2 aliphatic rings. The number of nitrogens with two attached hydrogens (primary N) is 1. The highest BCUT2D eigenvalue weighted by molar-refractivity contribution is 5.82. The number of benzene rings is 1. The third kappa shape index (κ3) is 3.59. The van der Waals surface area contributed by atoms with E-state index in [1.165, 1.54) is 0 Å². The van der Waals surface area contributed by atoms with Crippen molar-refractivity contribution in [3.05, 3.63) is 42.0 Å². The van der Waals surface area contributed by atoms with E-state index in [4.69, 9.17) is 19.9 Å². The first-order chi connectivity index (χ1) is 13.6. The number of ether oxygens (including phenoxy) is 1. The van der Waals surface area contributed by atoms with Crippen LogP contribution in [0.2, 0.25) is 0 Å². The number of likely N-dealkylation sites (tertiary alicyclic amines) is 1. The molecule has 2 saturated heterocycles. The third-order valence-electron chi connectivity index (χ3n) is 5.71. The summed E-state index contributed by atoms with van der Waals surface area (Å²) in [4.78, 5) is 19.8. The zero-order valence-corrected chi connectivity index (χ0v) is 16.6. The van der Waals surface area contributed by atoms with E-state index in [1.807, 2.05) is 35.2 Å². The van der Waals surface area contributed by atoms with Gasteiger partial charge in [0.2, 0.25) is 5.89 Å². The van der Waals surface area contributed by atoms with Crippen molar-refractivity contribution in [2.75, 3.05) is 13.1 Å². The molecule has 150 valence electrons. The molecule has 1 amide bonds. The molecule has 0 radical (unpaired) electrons. The van der Waals surface area contributed by atoms with E-state index in [0.717, 1.165) is 49.2 Å². The molecule has 2 aliphatic heterocycles. The van der Waals surface area contributed by atoms with Gasteiger partial charge in [0.05, 0.1) is 6.10 Å². The second-order valence-corrected chi connectivity index (χ2v) is 8.04. The average molecular weight is 383 g/mol. The standard InChI is InChI=1S/C22H29N3O3/c1-14(2)20-19(15-7-4-3-5-8-15)24-21(28-20)17-9-6-12-25(17)22(26)18-11-10-16(13-23)27-18/h3-5,7-8,14,16-18H,6,9-13,23H2,1-2H3/t16-,17?,18+/m1/s1. The smallest absolute Gasteiger partial charge is 0.252 e. The Bertz CT molecular complexity index is 818. The van der Waals surface area contributed by atoms with E-state index in [9.17, 15) is 4.79 Å². The van der Waals surface area contributed by atoms with Crippen molar-refractivity contribution in [3.63, 3.8) is 0 Å². The Morgan fingerprint density at radius 3 is 2.71 bits per heavy atom. The zero-order valence-electron chi connectivity index (χ0n) is 16.6. The van der Waals surface area contributed by atoms with Gasteiger partial charge in [-0.25, -0.2) is 4.98 Å². The minimum Gasteiger partial charge on any atom is -0.442 e. The Labute approximate surface area is 166 Å². The number of oxazole rings is 1. The van der Waals surface area contributed by atoms with E-state index in [0.29, 0.717) is 12.4 Å². The lowest BCUT2D eigenvalue weighted by Crippen LogP contribution is -2.39. The molecule has 2 N–H and O–H groups in total. The Balaban J connectivity index is 1.60. The molecule has 0 saturated carbocycles. The molecule has 0 aliphatic carbocycles. The highest BCUT2D eigenvalue weighted by atomic mass is 16.5. The Morgan fingerprint density at radius 2 is 2.04 bits per heavy atom. The van der Waals surface area contributed by atoms with Crippen molar-refractivity contribution < 1.29 is 13.9 Å². The quantitative estimate of drug-likeness (QED) is 0.852. The van der Waals surface area contributed by atoms with Crippen LogP contribution >= 0.6 is 0 Å². The number of rotatable bonds is 5. The molecule has 3 atom stereocenters. The molecule has 0 bridgehead atoms. The van der Waals surface area contributed by atoms with Gasteiger partial charge >= 0.3 is 0 Å². The SMILES string of the molecule is CC(C)c1oc(C2CCCN2C(=O)[C@@H]2CC[C@H](CN)O2)nc1-c1ccccc1. The summed E-state index contributed by atoms with van der Waals surface area (Å²) in [6.07, 6.45) is 3.01. The fraction of sp³-hybridized carbons (Fsp3) is 0.545. The first-order valence-electron chi connectivity index (χ1n) is 10.3. The van der Waals surface area contributed by atoms with Gasteiger partial charge in [0, 0.05) is 24.6 Å². The summed E-state index contributed by atoms with van der Waals surface area (Å²) in [5.41, 5.74) is 7.62. The molecule has 1 unspecified atom stereocenters. The molecule has 28 heavy (non-hydrogen) atoms. The minimum absolute atomic E-state index is 0.00559. The van der Waals surface area contributed by atoms with E-state index in [-0.39, 0.29) is 30.1 Å².